The van der Waals surface area contributed by atoms with Crippen molar-refractivity contribution >= 4 is 10.1 Å². The fourth-order valence-corrected chi connectivity index (χ4v) is 4.24. The van der Waals surface area contributed by atoms with E-state index in [1.165, 1.54) is 19.6 Å². The Labute approximate surface area is 141 Å². The molecule has 1 N–H and O–H groups in total. The van der Waals surface area contributed by atoms with Gasteiger partial charge in [0.1, 0.15) is 0 Å². The molecule has 3 atom stereocenters. The highest BCUT2D eigenvalue weighted by Gasteiger charge is 2.71. The van der Waals surface area contributed by atoms with Crippen molar-refractivity contribution in [3.8, 4) is 0 Å². The van der Waals surface area contributed by atoms with Crippen LogP contribution in [0.5, 0.6) is 0 Å². The third kappa shape index (κ3) is 4.22. The summed E-state index contributed by atoms with van der Waals surface area (Å²) < 4.78 is 82.4. The van der Waals surface area contributed by atoms with Gasteiger partial charge in [-0.15, -0.1) is 0 Å². The van der Waals surface area contributed by atoms with Gasteiger partial charge in [0, 0.05) is 5.92 Å². The first-order valence-electron chi connectivity index (χ1n) is 8.37. The van der Waals surface area contributed by atoms with E-state index in [1.807, 2.05) is 0 Å². The van der Waals surface area contributed by atoms with Gasteiger partial charge in [-0.05, 0) is 50.7 Å². The second-order valence-corrected chi connectivity index (χ2v) is 7.98. The monoisotopic (exact) mass is 377 g/mol. The highest BCUT2D eigenvalue weighted by Crippen LogP contribution is 2.58. The lowest BCUT2D eigenvalue weighted by Crippen LogP contribution is -2.52. The van der Waals surface area contributed by atoms with Crippen LogP contribution in [-0.2, 0) is 10.1 Å². The summed E-state index contributed by atoms with van der Waals surface area (Å²) in [7, 11) is -6.10. The van der Waals surface area contributed by atoms with Crippen molar-refractivity contribution in [3.63, 3.8) is 0 Å². The molecule has 24 heavy (non-hydrogen) atoms. The quantitative estimate of drug-likeness (QED) is 0.564. The molecule has 144 valence electrons. The van der Waals surface area contributed by atoms with Crippen LogP contribution in [0.2, 0.25) is 0 Å². The Morgan fingerprint density at radius 3 is 1.75 bits per heavy atom. The molecule has 9 heteroatoms. The maximum atomic E-state index is 13.6. The predicted octanol–water partition coefficient (Wildman–Crippen LogP) is 3.89. The smallest absolute Gasteiger partial charge is 0.304 e. The molecule has 0 aromatic rings. The number of fused-ring (bicyclic) bond motifs is 2. The van der Waals surface area contributed by atoms with Crippen molar-refractivity contribution in [2.75, 3.05) is 19.6 Å². The first-order valence-corrected chi connectivity index (χ1v) is 9.81. The maximum absolute atomic E-state index is 13.6. The molecule has 0 saturated heterocycles. The van der Waals surface area contributed by atoms with Gasteiger partial charge in [0.05, 0.1) is 0 Å². The molecule has 4 nitrogen and oxygen atoms in total. The lowest BCUT2D eigenvalue weighted by atomic mass is 9.84. The van der Waals surface area contributed by atoms with Gasteiger partial charge in [-0.1, -0.05) is 27.2 Å². The second kappa shape index (κ2) is 7.86. The highest BCUT2D eigenvalue weighted by molar-refractivity contribution is 7.87. The Hall–Kier alpha value is -0.410. The van der Waals surface area contributed by atoms with Gasteiger partial charge >= 0.3 is 21.3 Å². The Kier molecular flexibility index (Phi) is 7.09. The summed E-state index contributed by atoms with van der Waals surface area (Å²) in [5.41, 5.74) is 0. The van der Waals surface area contributed by atoms with Crippen LogP contribution >= 0.6 is 0 Å². The summed E-state index contributed by atoms with van der Waals surface area (Å²) in [6.07, 6.45) is 1.51. The van der Waals surface area contributed by atoms with Crippen molar-refractivity contribution < 1.29 is 30.5 Å². The van der Waals surface area contributed by atoms with E-state index in [4.69, 9.17) is 4.55 Å². The van der Waals surface area contributed by atoms with Gasteiger partial charge in [-0.2, -0.15) is 26.0 Å². The van der Waals surface area contributed by atoms with E-state index < -0.39 is 33.1 Å². The molecular formula is C15H27F4NO3S. The zero-order chi connectivity index (χ0) is 18.8. The van der Waals surface area contributed by atoms with Crippen molar-refractivity contribution in [2.24, 2.45) is 17.8 Å². The van der Waals surface area contributed by atoms with Gasteiger partial charge in [-0.25, -0.2) is 0 Å². The maximum Gasteiger partial charge on any atom is 0.431 e. The first-order chi connectivity index (χ1) is 10.9. The SMILES string of the molecule is CCN(CC)CC.O=S(=O)(O)C(F)(F)C(F)(F)C1CC2CCC1C2. The molecule has 2 saturated carbocycles. The average Bonchev–Trinajstić information content (AvgIpc) is 3.11. The minimum atomic E-state index is -6.10. The normalized spacial score (nSPS) is 27.3. The lowest BCUT2D eigenvalue weighted by molar-refractivity contribution is -0.202. The summed E-state index contributed by atoms with van der Waals surface area (Å²) >= 11 is 0. The number of nitrogens with zero attached hydrogens (tertiary/aromatic N) is 1. The van der Waals surface area contributed by atoms with Gasteiger partial charge in [0.25, 0.3) is 0 Å². The number of alkyl halides is 4. The molecular weight excluding hydrogens is 350 g/mol. The fourth-order valence-electron chi connectivity index (χ4n) is 3.75. The summed E-state index contributed by atoms with van der Waals surface area (Å²) in [4.78, 5) is 2.38. The van der Waals surface area contributed by atoms with Gasteiger partial charge < -0.3 is 4.90 Å². The van der Waals surface area contributed by atoms with E-state index in [2.05, 4.69) is 25.7 Å². The molecule has 3 unspecified atom stereocenters. The Morgan fingerprint density at radius 2 is 1.50 bits per heavy atom. The molecule has 0 heterocycles. The Morgan fingerprint density at radius 1 is 1.00 bits per heavy atom. The molecule has 2 aliphatic carbocycles. The van der Waals surface area contributed by atoms with Crippen molar-refractivity contribution in [1.82, 2.24) is 4.90 Å². The molecule has 0 aliphatic heterocycles. The predicted molar refractivity (Wildman–Crippen MR) is 83.8 cm³/mol. The van der Waals surface area contributed by atoms with Crippen molar-refractivity contribution in [2.45, 2.75) is 57.6 Å². The van der Waals surface area contributed by atoms with Gasteiger partial charge in [0.15, 0.2) is 0 Å². The molecule has 0 aromatic carbocycles. The molecule has 2 bridgehead atoms. The fraction of sp³-hybridized carbons (Fsp3) is 1.00. The van der Waals surface area contributed by atoms with Crippen LogP contribution in [0.1, 0.15) is 46.5 Å². The van der Waals surface area contributed by atoms with Crippen molar-refractivity contribution in [1.29, 1.82) is 0 Å². The van der Waals surface area contributed by atoms with Crippen LogP contribution in [0.25, 0.3) is 0 Å². The summed E-state index contributed by atoms with van der Waals surface area (Å²) in [5.74, 6) is -6.95. The minimum absolute atomic E-state index is 0.0203. The number of rotatable bonds is 6. The Balaban J connectivity index is 0.000000351. The molecule has 2 rings (SSSR count). The average molecular weight is 377 g/mol. The third-order valence-corrected chi connectivity index (χ3v) is 6.18. The van der Waals surface area contributed by atoms with Crippen molar-refractivity contribution in [3.05, 3.63) is 0 Å². The zero-order valence-corrected chi connectivity index (χ0v) is 15.1. The van der Waals surface area contributed by atoms with Crippen LogP contribution < -0.4 is 0 Å². The summed E-state index contributed by atoms with van der Waals surface area (Å²) in [6.45, 7) is 10.1. The second-order valence-electron chi connectivity index (χ2n) is 6.52. The van der Waals surface area contributed by atoms with E-state index in [9.17, 15) is 26.0 Å². The Bertz CT molecular complexity index is 503. The zero-order valence-electron chi connectivity index (χ0n) is 14.3. The van der Waals surface area contributed by atoms with E-state index in [-0.39, 0.29) is 12.3 Å². The van der Waals surface area contributed by atoms with E-state index in [0.717, 1.165) is 6.42 Å². The minimum Gasteiger partial charge on any atom is -0.304 e. The van der Waals surface area contributed by atoms with E-state index in [0.29, 0.717) is 12.8 Å². The van der Waals surface area contributed by atoms with E-state index >= 15 is 0 Å². The van der Waals surface area contributed by atoms with Crippen LogP contribution in [-0.4, -0.2) is 48.7 Å². The summed E-state index contributed by atoms with van der Waals surface area (Å²) in [5, 5.41) is -5.41. The largest absolute Gasteiger partial charge is 0.431 e. The molecule has 0 amide bonds. The lowest BCUT2D eigenvalue weighted by Gasteiger charge is -2.33. The number of halogens is 4. The topological polar surface area (TPSA) is 57.6 Å². The number of hydrogen-bond donors (Lipinski definition) is 1. The van der Waals surface area contributed by atoms with Crippen LogP contribution in [0.4, 0.5) is 17.6 Å². The number of hydrogen-bond acceptors (Lipinski definition) is 3. The third-order valence-electron chi connectivity index (χ3n) is 5.26. The van der Waals surface area contributed by atoms with Crippen LogP contribution in [0.3, 0.4) is 0 Å². The van der Waals surface area contributed by atoms with Crippen LogP contribution in [0, 0.1) is 17.8 Å². The molecule has 0 aromatic heterocycles. The first kappa shape index (κ1) is 21.6. The van der Waals surface area contributed by atoms with E-state index in [1.54, 1.807) is 0 Å². The summed E-state index contributed by atoms with van der Waals surface area (Å²) in [6, 6.07) is 0. The molecule has 0 radical (unpaired) electrons. The molecule has 0 spiro atoms. The molecule has 2 aliphatic rings. The standard InChI is InChI=1S/C9H12F4O3S.C6H15N/c10-8(11,9(12,13)17(14,15)16)7-4-5-1-2-6(7)3-5;1-4-7(5-2)6-3/h5-7H,1-4H2,(H,14,15,16);4-6H2,1-3H3. The van der Waals surface area contributed by atoms with Crippen LogP contribution in [0.15, 0.2) is 0 Å². The van der Waals surface area contributed by atoms with Gasteiger partial charge in [-0.3, -0.25) is 4.55 Å². The highest BCUT2D eigenvalue weighted by atomic mass is 32.2. The van der Waals surface area contributed by atoms with Gasteiger partial charge in [0.2, 0.25) is 0 Å². The molecule has 2 fully saturated rings.